The Bertz CT molecular complexity index is 668. The van der Waals surface area contributed by atoms with Gasteiger partial charge in [-0.1, -0.05) is 35.6 Å². The van der Waals surface area contributed by atoms with Crippen LogP contribution in [0, 0.1) is 6.92 Å². The number of anilines is 1. The first kappa shape index (κ1) is 13.1. The lowest BCUT2D eigenvalue weighted by molar-refractivity contribution is 0.0861. The second-order valence-corrected chi connectivity index (χ2v) is 5.92. The molecule has 3 rings (SSSR count). The van der Waals surface area contributed by atoms with Gasteiger partial charge in [-0.25, -0.2) is 4.98 Å². The van der Waals surface area contributed by atoms with Crippen LogP contribution < -0.4 is 11.1 Å². The second kappa shape index (κ2) is 4.88. The number of nitrogens with zero attached hydrogens (tertiary/aromatic N) is 1. The van der Waals surface area contributed by atoms with Gasteiger partial charge >= 0.3 is 0 Å². The number of hydrogen-bond acceptors (Lipinski definition) is 5. The molecule has 4 N–H and O–H groups in total. The number of benzene rings is 1. The molecule has 1 aromatic carbocycles. The minimum absolute atomic E-state index is 0.238. The summed E-state index contributed by atoms with van der Waals surface area (Å²) in [6.45, 7) is 1.75. The van der Waals surface area contributed by atoms with E-state index in [1.807, 2.05) is 24.3 Å². The first-order valence-corrected chi connectivity index (χ1v) is 7.17. The molecular formula is C14H15N3O2S. The van der Waals surface area contributed by atoms with E-state index in [9.17, 15) is 9.90 Å². The van der Waals surface area contributed by atoms with Gasteiger partial charge in [0.25, 0.3) is 5.91 Å². The summed E-state index contributed by atoms with van der Waals surface area (Å²) in [5.74, 6) is -0.238. The second-order valence-electron chi connectivity index (χ2n) is 4.89. The third-order valence-electron chi connectivity index (χ3n) is 3.51. The number of hydrogen-bond donors (Lipinski definition) is 3. The van der Waals surface area contributed by atoms with Crippen molar-refractivity contribution in [1.82, 2.24) is 10.3 Å². The van der Waals surface area contributed by atoms with E-state index in [-0.39, 0.29) is 11.9 Å². The summed E-state index contributed by atoms with van der Waals surface area (Å²) in [6, 6.07) is 7.38. The molecule has 0 saturated heterocycles. The molecule has 1 amide bonds. The van der Waals surface area contributed by atoms with E-state index in [0.717, 1.165) is 22.5 Å². The van der Waals surface area contributed by atoms with E-state index < -0.39 is 6.10 Å². The summed E-state index contributed by atoms with van der Waals surface area (Å²) in [4.78, 5) is 16.8. The third-order valence-corrected chi connectivity index (χ3v) is 4.50. The van der Waals surface area contributed by atoms with Crippen molar-refractivity contribution in [3.8, 4) is 0 Å². The number of carbonyl (C=O) groups excluding carboxylic acids is 1. The highest BCUT2D eigenvalue weighted by molar-refractivity contribution is 7.17. The molecule has 5 nitrogen and oxygen atoms in total. The van der Waals surface area contributed by atoms with Gasteiger partial charge in [0.1, 0.15) is 4.88 Å². The van der Waals surface area contributed by atoms with Crippen LogP contribution >= 0.6 is 11.3 Å². The van der Waals surface area contributed by atoms with Crippen LogP contribution in [0.1, 0.15) is 32.5 Å². The minimum atomic E-state index is -0.595. The molecule has 0 fully saturated rings. The summed E-state index contributed by atoms with van der Waals surface area (Å²) < 4.78 is 0. The average Bonchev–Trinajstić information content (AvgIpc) is 2.90. The van der Waals surface area contributed by atoms with Crippen molar-refractivity contribution in [2.24, 2.45) is 0 Å². The number of aryl methyl sites for hydroxylation is 1. The maximum Gasteiger partial charge on any atom is 0.263 e. The Morgan fingerprint density at radius 2 is 2.25 bits per heavy atom. The van der Waals surface area contributed by atoms with Crippen molar-refractivity contribution in [3.63, 3.8) is 0 Å². The quantitative estimate of drug-likeness (QED) is 0.780. The lowest BCUT2D eigenvalue weighted by Crippen LogP contribution is -2.33. The van der Waals surface area contributed by atoms with E-state index >= 15 is 0 Å². The summed E-state index contributed by atoms with van der Waals surface area (Å²) in [5, 5.41) is 13.4. The van der Waals surface area contributed by atoms with Gasteiger partial charge in [0.05, 0.1) is 17.8 Å². The van der Waals surface area contributed by atoms with Gasteiger partial charge in [-0.3, -0.25) is 4.79 Å². The Balaban J connectivity index is 1.85. The first-order chi connectivity index (χ1) is 9.56. The van der Waals surface area contributed by atoms with Gasteiger partial charge in [0, 0.05) is 6.42 Å². The molecule has 0 bridgehead atoms. The van der Waals surface area contributed by atoms with Crippen molar-refractivity contribution in [2.45, 2.75) is 25.5 Å². The summed E-state index contributed by atoms with van der Waals surface area (Å²) in [5.41, 5.74) is 8.27. The zero-order chi connectivity index (χ0) is 14.3. The number of carbonyl (C=O) groups is 1. The normalized spacial score (nSPS) is 20.7. The van der Waals surface area contributed by atoms with E-state index in [4.69, 9.17) is 5.73 Å². The molecule has 20 heavy (non-hydrogen) atoms. The summed E-state index contributed by atoms with van der Waals surface area (Å²) in [6.07, 6.45) is -0.0350. The zero-order valence-electron chi connectivity index (χ0n) is 11.0. The third kappa shape index (κ3) is 2.17. The molecule has 6 heteroatoms. The molecule has 2 aromatic rings. The van der Waals surface area contributed by atoms with Crippen LogP contribution in [0.2, 0.25) is 0 Å². The number of fused-ring (bicyclic) bond motifs is 1. The molecule has 0 aliphatic heterocycles. The van der Waals surface area contributed by atoms with E-state index in [2.05, 4.69) is 10.3 Å². The molecule has 0 radical (unpaired) electrons. The van der Waals surface area contributed by atoms with Crippen LogP contribution in [-0.2, 0) is 6.42 Å². The number of amides is 1. The molecule has 0 spiro atoms. The molecule has 0 saturated carbocycles. The molecule has 1 heterocycles. The smallest absolute Gasteiger partial charge is 0.263 e. The zero-order valence-corrected chi connectivity index (χ0v) is 11.8. The largest absolute Gasteiger partial charge is 0.390 e. The molecule has 1 aliphatic rings. The fourth-order valence-electron chi connectivity index (χ4n) is 2.58. The Morgan fingerprint density at radius 1 is 1.50 bits per heavy atom. The van der Waals surface area contributed by atoms with Gasteiger partial charge in [-0.2, -0.15) is 0 Å². The van der Waals surface area contributed by atoms with Crippen LogP contribution in [0.4, 0.5) is 5.13 Å². The van der Waals surface area contributed by atoms with E-state index in [0.29, 0.717) is 22.1 Å². The lowest BCUT2D eigenvalue weighted by Gasteiger charge is -2.17. The van der Waals surface area contributed by atoms with Crippen LogP contribution in [0.5, 0.6) is 0 Å². The number of aromatic nitrogens is 1. The first-order valence-electron chi connectivity index (χ1n) is 6.36. The number of nitrogens with one attached hydrogen (secondary N) is 1. The monoisotopic (exact) mass is 289 g/mol. The van der Waals surface area contributed by atoms with Gasteiger partial charge in [-0.15, -0.1) is 0 Å². The molecule has 1 aromatic heterocycles. The van der Waals surface area contributed by atoms with Gasteiger partial charge in [0.15, 0.2) is 5.13 Å². The van der Waals surface area contributed by atoms with Gasteiger partial charge < -0.3 is 16.2 Å². The highest BCUT2D eigenvalue weighted by atomic mass is 32.1. The Morgan fingerprint density at radius 3 is 2.95 bits per heavy atom. The number of thiazole rings is 1. The Kier molecular flexibility index (Phi) is 3.19. The molecule has 104 valence electrons. The number of rotatable bonds is 2. The number of nitrogens with two attached hydrogens (primary N) is 1. The molecule has 2 atom stereocenters. The van der Waals surface area contributed by atoms with Crippen LogP contribution in [0.15, 0.2) is 24.3 Å². The Hall–Kier alpha value is -1.92. The molecule has 0 unspecified atom stereocenters. The highest BCUT2D eigenvalue weighted by Gasteiger charge is 2.32. The van der Waals surface area contributed by atoms with Crippen LogP contribution in [-0.4, -0.2) is 22.1 Å². The standard InChI is InChI=1S/C14H15N3O2S/c1-7-12(20-14(15)16-7)13(19)17-11-9-5-3-2-4-8(9)6-10(11)18/h2-5,10-11,18H,6H2,1H3,(H2,15,16)(H,17,19)/t10-,11+/m0/s1. The fourth-order valence-corrected chi connectivity index (χ4v) is 3.32. The predicted molar refractivity (Wildman–Crippen MR) is 77.6 cm³/mol. The molecule has 1 aliphatic carbocycles. The lowest BCUT2D eigenvalue weighted by atomic mass is 10.1. The van der Waals surface area contributed by atoms with Gasteiger partial charge in [-0.05, 0) is 18.1 Å². The maximum absolute atomic E-state index is 12.3. The number of nitrogen functional groups attached to an aromatic ring is 1. The summed E-state index contributed by atoms with van der Waals surface area (Å²) in [7, 11) is 0. The number of aliphatic hydroxyl groups excluding tert-OH is 1. The topological polar surface area (TPSA) is 88.2 Å². The Labute approximate surface area is 120 Å². The van der Waals surface area contributed by atoms with Gasteiger partial charge in [0.2, 0.25) is 0 Å². The predicted octanol–water partition coefficient (Wildman–Crippen LogP) is 1.42. The van der Waals surface area contributed by atoms with Crippen molar-refractivity contribution >= 4 is 22.4 Å². The van der Waals surface area contributed by atoms with Crippen molar-refractivity contribution in [2.75, 3.05) is 5.73 Å². The SMILES string of the molecule is Cc1nc(N)sc1C(=O)N[C@@H]1c2ccccc2C[C@@H]1O. The van der Waals surface area contributed by atoms with E-state index in [1.165, 1.54) is 0 Å². The fraction of sp³-hybridized carbons (Fsp3) is 0.286. The molecular weight excluding hydrogens is 274 g/mol. The summed E-state index contributed by atoms with van der Waals surface area (Å²) >= 11 is 1.16. The van der Waals surface area contributed by atoms with Crippen LogP contribution in [0.25, 0.3) is 0 Å². The van der Waals surface area contributed by atoms with Crippen molar-refractivity contribution in [3.05, 3.63) is 46.0 Å². The average molecular weight is 289 g/mol. The number of aliphatic hydroxyl groups is 1. The minimum Gasteiger partial charge on any atom is -0.390 e. The van der Waals surface area contributed by atoms with Crippen LogP contribution in [0.3, 0.4) is 0 Å². The van der Waals surface area contributed by atoms with Crippen molar-refractivity contribution < 1.29 is 9.90 Å². The maximum atomic E-state index is 12.3. The highest BCUT2D eigenvalue weighted by Crippen LogP contribution is 2.32. The van der Waals surface area contributed by atoms with E-state index in [1.54, 1.807) is 6.92 Å². The van der Waals surface area contributed by atoms with Crippen molar-refractivity contribution in [1.29, 1.82) is 0 Å².